The first-order valence-electron chi connectivity index (χ1n) is 9.78. The van der Waals surface area contributed by atoms with Crippen LogP contribution >= 0.6 is 12.2 Å². The number of carbonyl (C=O) groups is 2. The summed E-state index contributed by atoms with van der Waals surface area (Å²) >= 11 is 5.12. The Morgan fingerprint density at radius 2 is 1.35 bits per heavy atom. The minimum Gasteiger partial charge on any atom is -0.298 e. The van der Waals surface area contributed by atoms with Gasteiger partial charge in [-0.15, -0.1) is 0 Å². The zero-order valence-corrected chi connectivity index (χ0v) is 17.9. The van der Waals surface area contributed by atoms with Gasteiger partial charge in [-0.05, 0) is 41.9 Å². The number of carbonyl (C=O) groups excluding carboxylic acids is 2. The highest BCUT2D eigenvalue weighted by Gasteiger charge is 2.22. The van der Waals surface area contributed by atoms with Gasteiger partial charge in [-0.1, -0.05) is 90.5 Å². The summed E-state index contributed by atoms with van der Waals surface area (Å²) < 4.78 is 0. The number of rotatable bonds is 5. The van der Waals surface area contributed by atoms with Crippen LogP contribution in [0.25, 0.3) is 6.08 Å². The van der Waals surface area contributed by atoms with Crippen LogP contribution in [-0.2, 0) is 9.59 Å². The van der Waals surface area contributed by atoms with Crippen molar-refractivity contribution in [3.05, 3.63) is 113 Å². The monoisotopic (exact) mass is 429 g/mol. The average Bonchev–Trinajstić information content (AvgIpc) is 2.79. The molecule has 3 rings (SSSR count). The number of hydrogen-bond acceptors (Lipinski definition) is 3. The zero-order chi connectivity index (χ0) is 22.1. The van der Waals surface area contributed by atoms with E-state index in [1.54, 1.807) is 6.08 Å². The molecule has 0 saturated carbocycles. The summed E-state index contributed by atoms with van der Waals surface area (Å²) in [6, 6.07) is 26.7. The van der Waals surface area contributed by atoms with E-state index in [0.717, 1.165) is 22.3 Å². The lowest BCUT2D eigenvalue weighted by atomic mass is 9.91. The van der Waals surface area contributed by atoms with Crippen molar-refractivity contribution in [1.82, 2.24) is 16.2 Å². The molecule has 2 amide bonds. The number of aryl methyl sites for hydroxylation is 1. The number of benzene rings is 3. The number of amides is 2. The summed E-state index contributed by atoms with van der Waals surface area (Å²) in [6.07, 6.45) is 3.08. The minimum absolute atomic E-state index is 0.00628. The first kappa shape index (κ1) is 21.9. The molecule has 0 aromatic heterocycles. The van der Waals surface area contributed by atoms with Crippen LogP contribution in [0.3, 0.4) is 0 Å². The Morgan fingerprint density at radius 1 is 0.806 bits per heavy atom. The molecule has 3 N–H and O–H groups in total. The fourth-order valence-electron chi connectivity index (χ4n) is 3.01. The van der Waals surface area contributed by atoms with E-state index < -0.39 is 11.8 Å². The van der Waals surface area contributed by atoms with Crippen molar-refractivity contribution in [2.24, 2.45) is 0 Å². The van der Waals surface area contributed by atoms with Crippen LogP contribution in [0.5, 0.6) is 0 Å². The first-order valence-corrected chi connectivity index (χ1v) is 10.2. The highest BCUT2D eigenvalue weighted by Crippen LogP contribution is 2.24. The smallest absolute Gasteiger partial charge is 0.250 e. The molecule has 156 valence electrons. The van der Waals surface area contributed by atoms with Crippen molar-refractivity contribution in [3.63, 3.8) is 0 Å². The summed E-state index contributed by atoms with van der Waals surface area (Å²) in [7, 11) is 0. The number of hydrogen-bond donors (Lipinski definition) is 3. The lowest BCUT2D eigenvalue weighted by Crippen LogP contribution is -2.49. The standard InChI is InChI=1S/C25H23N3O2S/c1-18-12-14-19(15-13-18)16-17-22(29)26-25(31)28-27-24(30)23(20-8-4-2-5-9-20)21-10-6-3-7-11-21/h2-17,23H,1H3,(H,27,30)(H2,26,28,29,31)/b17-16+. The van der Waals surface area contributed by atoms with Gasteiger partial charge in [0.15, 0.2) is 5.11 Å². The average molecular weight is 430 g/mol. The second-order valence-electron chi connectivity index (χ2n) is 6.93. The third-order valence-electron chi connectivity index (χ3n) is 4.57. The van der Waals surface area contributed by atoms with E-state index in [-0.39, 0.29) is 11.0 Å². The van der Waals surface area contributed by atoms with Gasteiger partial charge in [0.25, 0.3) is 0 Å². The van der Waals surface area contributed by atoms with Crippen LogP contribution in [0, 0.1) is 6.92 Å². The molecule has 0 radical (unpaired) electrons. The molecule has 0 bridgehead atoms. The number of thiocarbonyl (C=S) groups is 1. The molecule has 0 unspecified atom stereocenters. The summed E-state index contributed by atoms with van der Waals surface area (Å²) in [5.74, 6) is -1.20. The number of nitrogens with one attached hydrogen (secondary N) is 3. The maximum Gasteiger partial charge on any atom is 0.250 e. The van der Waals surface area contributed by atoms with Gasteiger partial charge in [-0.3, -0.25) is 25.8 Å². The molecule has 5 nitrogen and oxygen atoms in total. The largest absolute Gasteiger partial charge is 0.298 e. The van der Waals surface area contributed by atoms with Crippen LogP contribution in [0.1, 0.15) is 28.2 Å². The Bertz CT molecular complexity index is 1030. The lowest BCUT2D eigenvalue weighted by Gasteiger charge is -2.18. The van der Waals surface area contributed by atoms with E-state index in [4.69, 9.17) is 12.2 Å². The molecule has 0 saturated heterocycles. The van der Waals surface area contributed by atoms with Crippen LogP contribution in [0.15, 0.2) is 91.0 Å². The van der Waals surface area contributed by atoms with Crippen molar-refractivity contribution in [1.29, 1.82) is 0 Å². The molecule has 0 spiro atoms. The Labute approximate surface area is 187 Å². The quantitative estimate of drug-likeness (QED) is 0.327. The fourth-order valence-corrected chi connectivity index (χ4v) is 3.16. The van der Waals surface area contributed by atoms with E-state index in [1.165, 1.54) is 6.08 Å². The van der Waals surface area contributed by atoms with Crippen LogP contribution in [0.2, 0.25) is 0 Å². The van der Waals surface area contributed by atoms with Gasteiger partial charge in [0.2, 0.25) is 11.8 Å². The molecule has 31 heavy (non-hydrogen) atoms. The highest BCUT2D eigenvalue weighted by molar-refractivity contribution is 7.80. The Kier molecular flexibility index (Phi) is 7.67. The van der Waals surface area contributed by atoms with E-state index in [1.807, 2.05) is 91.9 Å². The lowest BCUT2D eigenvalue weighted by molar-refractivity contribution is -0.122. The second kappa shape index (κ2) is 10.8. The van der Waals surface area contributed by atoms with Crippen LogP contribution in [0.4, 0.5) is 0 Å². The van der Waals surface area contributed by atoms with Crippen molar-refractivity contribution in [2.45, 2.75) is 12.8 Å². The Balaban J connectivity index is 1.58. The molecule has 0 atom stereocenters. The van der Waals surface area contributed by atoms with E-state index in [0.29, 0.717) is 0 Å². The van der Waals surface area contributed by atoms with Crippen molar-refractivity contribution in [2.75, 3.05) is 0 Å². The van der Waals surface area contributed by atoms with Crippen molar-refractivity contribution in [3.8, 4) is 0 Å². The van der Waals surface area contributed by atoms with Crippen molar-refractivity contribution < 1.29 is 9.59 Å². The summed E-state index contributed by atoms with van der Waals surface area (Å²) in [4.78, 5) is 25.0. The molecule has 6 heteroatoms. The van der Waals surface area contributed by atoms with E-state index in [9.17, 15) is 9.59 Å². The predicted octanol–water partition coefficient (Wildman–Crippen LogP) is 3.86. The zero-order valence-electron chi connectivity index (χ0n) is 17.0. The van der Waals surface area contributed by atoms with Crippen LogP contribution in [-0.4, -0.2) is 16.9 Å². The van der Waals surface area contributed by atoms with Crippen molar-refractivity contribution >= 4 is 35.2 Å². The van der Waals surface area contributed by atoms with Gasteiger partial charge in [-0.2, -0.15) is 0 Å². The van der Waals surface area contributed by atoms with E-state index in [2.05, 4.69) is 16.2 Å². The maximum absolute atomic E-state index is 12.9. The highest BCUT2D eigenvalue weighted by atomic mass is 32.1. The first-order chi connectivity index (χ1) is 15.0. The van der Waals surface area contributed by atoms with Gasteiger partial charge in [0.1, 0.15) is 0 Å². The van der Waals surface area contributed by atoms with Gasteiger partial charge in [0.05, 0.1) is 5.92 Å². The molecule has 0 heterocycles. The fraction of sp³-hybridized carbons (Fsp3) is 0.0800. The molecule has 0 fully saturated rings. The Morgan fingerprint density at radius 3 is 1.90 bits per heavy atom. The number of hydrazine groups is 1. The molecule has 0 aliphatic heterocycles. The second-order valence-corrected chi connectivity index (χ2v) is 7.34. The van der Waals surface area contributed by atoms with E-state index >= 15 is 0 Å². The molecule has 0 aliphatic carbocycles. The third-order valence-corrected chi connectivity index (χ3v) is 4.77. The third kappa shape index (κ3) is 6.62. The van der Waals surface area contributed by atoms with Gasteiger partial charge >= 0.3 is 0 Å². The Hall–Kier alpha value is -3.77. The summed E-state index contributed by atoms with van der Waals surface area (Å²) in [5.41, 5.74) is 8.95. The van der Waals surface area contributed by atoms with Crippen LogP contribution < -0.4 is 16.2 Å². The molecule has 3 aromatic rings. The van der Waals surface area contributed by atoms with Gasteiger partial charge < -0.3 is 0 Å². The summed E-state index contributed by atoms with van der Waals surface area (Å²) in [6.45, 7) is 2.00. The van der Waals surface area contributed by atoms with Gasteiger partial charge in [0, 0.05) is 6.08 Å². The maximum atomic E-state index is 12.9. The molecular weight excluding hydrogens is 406 g/mol. The normalized spacial score (nSPS) is 10.6. The predicted molar refractivity (Wildman–Crippen MR) is 127 cm³/mol. The molecular formula is C25H23N3O2S. The van der Waals surface area contributed by atoms with Gasteiger partial charge in [-0.25, -0.2) is 0 Å². The minimum atomic E-state index is -0.519. The summed E-state index contributed by atoms with van der Waals surface area (Å²) in [5, 5.41) is 2.52. The molecule has 0 aliphatic rings. The topological polar surface area (TPSA) is 70.2 Å². The molecule has 3 aromatic carbocycles. The SMILES string of the molecule is Cc1ccc(/C=C/C(=O)NC(=S)NNC(=O)C(c2ccccc2)c2ccccc2)cc1.